The summed E-state index contributed by atoms with van der Waals surface area (Å²) in [5.41, 5.74) is 2.06. The third kappa shape index (κ3) is 1.79. The molecule has 5 heteroatoms. The van der Waals surface area contributed by atoms with Crippen LogP contribution in [0, 0.1) is 0 Å². The lowest BCUT2D eigenvalue weighted by Gasteiger charge is -2.11. The minimum absolute atomic E-state index is 0.556. The molecule has 1 atom stereocenters. The average Bonchev–Trinajstić information content (AvgIpc) is 3.01. The van der Waals surface area contributed by atoms with E-state index in [0.29, 0.717) is 17.0 Å². The molecule has 3 rings (SSSR count). The van der Waals surface area contributed by atoms with Crippen LogP contribution in [0.5, 0.6) is 5.75 Å². The Kier molecular flexibility index (Phi) is 2.76. The molecule has 0 fully saturated rings. The van der Waals surface area contributed by atoms with E-state index in [4.69, 9.17) is 9.15 Å². The molecule has 19 heavy (non-hydrogen) atoms. The Morgan fingerprint density at radius 3 is 2.95 bits per heavy atom. The maximum absolute atomic E-state index is 10.6. The summed E-state index contributed by atoms with van der Waals surface area (Å²) >= 11 is 0. The van der Waals surface area contributed by atoms with Gasteiger partial charge in [0.05, 0.1) is 19.6 Å². The van der Waals surface area contributed by atoms with Crippen LogP contribution in [0.25, 0.3) is 11.0 Å². The van der Waals surface area contributed by atoms with Gasteiger partial charge in [-0.1, -0.05) is 18.2 Å². The minimum atomic E-state index is -0.842. The van der Waals surface area contributed by atoms with Gasteiger partial charge < -0.3 is 14.3 Å². The van der Waals surface area contributed by atoms with E-state index < -0.39 is 6.10 Å². The smallest absolute Gasteiger partial charge is 0.162 e. The number of methoxy groups -OCH3 is 1. The zero-order chi connectivity index (χ0) is 13.4. The molecule has 0 amide bonds. The molecule has 0 aliphatic carbocycles. The van der Waals surface area contributed by atoms with Crippen molar-refractivity contribution < 1.29 is 14.3 Å². The van der Waals surface area contributed by atoms with Crippen molar-refractivity contribution in [2.75, 3.05) is 7.11 Å². The number of aliphatic hydroxyl groups is 1. The third-order valence-corrected chi connectivity index (χ3v) is 3.23. The molecule has 0 aliphatic heterocycles. The largest absolute Gasteiger partial charge is 0.493 e. The summed E-state index contributed by atoms with van der Waals surface area (Å²) in [7, 11) is 3.32. The molecule has 1 aromatic carbocycles. The predicted molar refractivity (Wildman–Crippen MR) is 70.0 cm³/mol. The maximum atomic E-state index is 10.6. The van der Waals surface area contributed by atoms with Gasteiger partial charge in [0.1, 0.15) is 17.4 Å². The molecule has 1 N–H and O–H groups in total. The number of benzene rings is 1. The van der Waals surface area contributed by atoms with Crippen molar-refractivity contribution in [3.8, 4) is 5.75 Å². The normalized spacial score (nSPS) is 12.8. The fourth-order valence-electron chi connectivity index (χ4n) is 2.25. The fourth-order valence-corrected chi connectivity index (χ4v) is 2.25. The Labute approximate surface area is 110 Å². The van der Waals surface area contributed by atoms with Gasteiger partial charge >= 0.3 is 0 Å². The van der Waals surface area contributed by atoms with E-state index in [1.165, 1.54) is 0 Å². The molecule has 0 saturated carbocycles. The zero-order valence-electron chi connectivity index (χ0n) is 10.7. The summed E-state index contributed by atoms with van der Waals surface area (Å²) < 4.78 is 12.3. The Morgan fingerprint density at radius 2 is 2.16 bits per heavy atom. The monoisotopic (exact) mass is 258 g/mol. The summed E-state index contributed by atoms with van der Waals surface area (Å²) in [5.74, 6) is 0.556. The van der Waals surface area contributed by atoms with Crippen LogP contribution in [-0.2, 0) is 7.05 Å². The number of ether oxygens (including phenoxy) is 1. The average molecular weight is 258 g/mol. The van der Waals surface area contributed by atoms with Gasteiger partial charge in [0.2, 0.25) is 0 Å². The Morgan fingerprint density at radius 1 is 1.37 bits per heavy atom. The number of aromatic nitrogens is 2. The second-order valence-electron chi connectivity index (χ2n) is 4.31. The van der Waals surface area contributed by atoms with Crippen LogP contribution >= 0.6 is 0 Å². The van der Waals surface area contributed by atoms with Gasteiger partial charge in [-0.2, -0.15) is 5.10 Å². The fraction of sp³-hybridized carbons (Fsp3) is 0.214. The van der Waals surface area contributed by atoms with Gasteiger partial charge in [-0.3, -0.25) is 4.68 Å². The Balaban J connectivity index is 2.13. The molecule has 0 radical (unpaired) electrons. The van der Waals surface area contributed by atoms with Crippen molar-refractivity contribution in [3.05, 3.63) is 48.0 Å². The first-order chi connectivity index (χ1) is 9.22. The first-order valence-corrected chi connectivity index (χ1v) is 5.92. The van der Waals surface area contributed by atoms with E-state index in [9.17, 15) is 5.11 Å². The number of para-hydroxylation sites is 1. The van der Waals surface area contributed by atoms with Gasteiger partial charge in [0.25, 0.3) is 0 Å². The number of aryl methyl sites for hydroxylation is 1. The molecule has 0 aliphatic rings. The van der Waals surface area contributed by atoms with Gasteiger partial charge in [-0.05, 0) is 6.07 Å². The van der Waals surface area contributed by atoms with Crippen LogP contribution in [0.15, 0.2) is 41.1 Å². The van der Waals surface area contributed by atoms with Crippen molar-refractivity contribution in [3.63, 3.8) is 0 Å². The van der Waals surface area contributed by atoms with Gasteiger partial charge in [0.15, 0.2) is 5.75 Å². The second-order valence-corrected chi connectivity index (χ2v) is 4.31. The van der Waals surface area contributed by atoms with Crippen molar-refractivity contribution in [2.45, 2.75) is 6.10 Å². The van der Waals surface area contributed by atoms with Crippen LogP contribution in [0.3, 0.4) is 0 Å². The topological polar surface area (TPSA) is 60.4 Å². The number of hydrogen-bond donors (Lipinski definition) is 1. The lowest BCUT2D eigenvalue weighted by molar-refractivity contribution is 0.204. The van der Waals surface area contributed by atoms with Crippen LogP contribution in [0.2, 0.25) is 0 Å². The molecular weight excluding hydrogens is 244 g/mol. The number of rotatable bonds is 3. The summed E-state index contributed by atoms with van der Waals surface area (Å²) in [6.45, 7) is 0. The Bertz CT molecular complexity index is 714. The van der Waals surface area contributed by atoms with Crippen LogP contribution in [0.4, 0.5) is 0 Å². The molecule has 0 bridgehead atoms. The van der Waals surface area contributed by atoms with Crippen LogP contribution in [-0.4, -0.2) is 22.0 Å². The number of nitrogens with zero attached hydrogens (tertiary/aromatic N) is 2. The van der Waals surface area contributed by atoms with E-state index in [-0.39, 0.29) is 0 Å². The highest BCUT2D eigenvalue weighted by Gasteiger charge is 2.23. The first kappa shape index (κ1) is 11.8. The van der Waals surface area contributed by atoms with Crippen molar-refractivity contribution in [1.82, 2.24) is 9.78 Å². The third-order valence-electron chi connectivity index (χ3n) is 3.23. The van der Waals surface area contributed by atoms with Crippen molar-refractivity contribution >= 4 is 11.0 Å². The molecule has 0 saturated heterocycles. The number of furan rings is 1. The van der Waals surface area contributed by atoms with Gasteiger partial charge in [0, 0.05) is 18.0 Å². The van der Waals surface area contributed by atoms with Crippen molar-refractivity contribution in [2.24, 2.45) is 7.05 Å². The van der Waals surface area contributed by atoms with Gasteiger partial charge in [-0.15, -0.1) is 0 Å². The molecule has 0 spiro atoms. The summed E-state index contributed by atoms with van der Waals surface area (Å²) in [6, 6.07) is 7.59. The van der Waals surface area contributed by atoms with E-state index in [1.807, 2.05) is 24.3 Å². The SMILES string of the molecule is COc1cnn(C)c1C(O)c1coc2ccccc12. The van der Waals surface area contributed by atoms with Crippen LogP contribution in [0.1, 0.15) is 17.4 Å². The highest BCUT2D eigenvalue weighted by atomic mass is 16.5. The summed E-state index contributed by atoms with van der Waals surface area (Å²) in [4.78, 5) is 0. The van der Waals surface area contributed by atoms with E-state index in [2.05, 4.69) is 5.10 Å². The quantitative estimate of drug-likeness (QED) is 0.782. The number of fused-ring (bicyclic) bond motifs is 1. The highest BCUT2D eigenvalue weighted by molar-refractivity contribution is 5.81. The predicted octanol–water partition coefficient (Wildman–Crippen LogP) is 2.26. The van der Waals surface area contributed by atoms with E-state index in [1.54, 1.807) is 31.3 Å². The van der Waals surface area contributed by atoms with E-state index in [0.717, 1.165) is 11.0 Å². The van der Waals surface area contributed by atoms with Crippen molar-refractivity contribution in [1.29, 1.82) is 0 Å². The summed E-state index contributed by atoms with van der Waals surface area (Å²) in [6.07, 6.45) is 2.31. The molecule has 98 valence electrons. The number of aliphatic hydroxyl groups excluding tert-OH is 1. The summed E-state index contributed by atoms with van der Waals surface area (Å²) in [5, 5.41) is 15.5. The lowest BCUT2D eigenvalue weighted by Crippen LogP contribution is -2.07. The molecule has 1 unspecified atom stereocenters. The van der Waals surface area contributed by atoms with Crippen LogP contribution < -0.4 is 4.74 Å². The number of hydrogen-bond acceptors (Lipinski definition) is 4. The Hall–Kier alpha value is -2.27. The first-order valence-electron chi connectivity index (χ1n) is 5.92. The molecule has 3 aromatic rings. The molecular formula is C14H14N2O3. The standard InChI is InChI=1S/C14H14N2O3/c1-16-13(12(18-2)7-15-16)14(17)10-8-19-11-6-4-3-5-9(10)11/h3-8,14,17H,1-2H3. The zero-order valence-corrected chi connectivity index (χ0v) is 10.7. The van der Waals surface area contributed by atoms with Gasteiger partial charge in [-0.25, -0.2) is 0 Å². The highest BCUT2D eigenvalue weighted by Crippen LogP contribution is 2.34. The maximum Gasteiger partial charge on any atom is 0.162 e. The molecule has 2 heterocycles. The van der Waals surface area contributed by atoms with E-state index >= 15 is 0 Å². The minimum Gasteiger partial charge on any atom is -0.493 e. The lowest BCUT2D eigenvalue weighted by atomic mass is 10.1. The molecule has 5 nitrogen and oxygen atoms in total. The second kappa shape index (κ2) is 4.44. The molecule has 2 aromatic heterocycles.